The van der Waals surface area contributed by atoms with Crippen LogP contribution in [0, 0.1) is 0 Å². The number of hydrogen-bond donors (Lipinski definition) is 1. The molecule has 1 N–H and O–H groups in total. The number of benzene rings is 1. The number of para-hydroxylation sites is 1. The van der Waals surface area contributed by atoms with E-state index in [0.717, 1.165) is 29.5 Å². The molecule has 19 heavy (non-hydrogen) atoms. The first kappa shape index (κ1) is 13.0. The molecule has 0 radical (unpaired) electrons. The topological polar surface area (TPSA) is 38.3 Å². The highest BCUT2D eigenvalue weighted by Crippen LogP contribution is 2.36. The van der Waals surface area contributed by atoms with Gasteiger partial charge >= 0.3 is 0 Å². The molecule has 1 amide bonds. The summed E-state index contributed by atoms with van der Waals surface area (Å²) in [7, 11) is 0. The van der Waals surface area contributed by atoms with Gasteiger partial charge in [-0.1, -0.05) is 47.0 Å². The Kier molecular flexibility index (Phi) is 3.52. The predicted molar refractivity (Wildman–Crippen MR) is 77.8 cm³/mol. The van der Waals surface area contributed by atoms with E-state index in [0.29, 0.717) is 6.61 Å². The first-order valence-corrected chi connectivity index (χ1v) is 7.96. The first-order chi connectivity index (χ1) is 9.24. The minimum absolute atomic E-state index is 0.0470. The lowest BCUT2D eigenvalue weighted by atomic mass is 9.96. The lowest BCUT2D eigenvalue weighted by Gasteiger charge is -2.29. The second-order valence-electron chi connectivity index (χ2n) is 5.51. The van der Waals surface area contributed by atoms with Crippen molar-refractivity contribution in [3.8, 4) is 5.75 Å². The number of amides is 1. The molecule has 1 aliphatic heterocycles. The summed E-state index contributed by atoms with van der Waals surface area (Å²) in [4.78, 5) is 12.5. The molecule has 1 aromatic carbocycles. The van der Waals surface area contributed by atoms with Crippen molar-refractivity contribution in [3.63, 3.8) is 0 Å². The van der Waals surface area contributed by atoms with Crippen LogP contribution in [0.3, 0.4) is 0 Å². The molecule has 0 aromatic heterocycles. The summed E-state index contributed by atoms with van der Waals surface area (Å²) in [5.41, 5.74) is 0.969. The van der Waals surface area contributed by atoms with Crippen LogP contribution in [0.2, 0.25) is 0 Å². The molecule has 1 unspecified atom stereocenters. The van der Waals surface area contributed by atoms with E-state index in [4.69, 9.17) is 4.74 Å². The van der Waals surface area contributed by atoms with E-state index in [1.165, 1.54) is 12.8 Å². The zero-order chi connectivity index (χ0) is 13.3. The highest BCUT2D eigenvalue weighted by atomic mass is 79.9. The second kappa shape index (κ2) is 5.16. The highest BCUT2D eigenvalue weighted by Gasteiger charge is 2.38. The molecular weight excluding hydrogens is 306 g/mol. The number of carbonyl (C=O) groups excluding carboxylic acids is 1. The summed E-state index contributed by atoms with van der Waals surface area (Å²) in [6, 6.07) is 7.82. The van der Waals surface area contributed by atoms with Crippen LogP contribution >= 0.6 is 15.9 Å². The average molecular weight is 324 g/mol. The van der Waals surface area contributed by atoms with Gasteiger partial charge in [0.25, 0.3) is 0 Å². The molecule has 3 nitrogen and oxygen atoms in total. The number of carbonyl (C=O) groups is 1. The van der Waals surface area contributed by atoms with Crippen molar-refractivity contribution in [2.75, 3.05) is 11.9 Å². The molecule has 0 bridgehead atoms. The van der Waals surface area contributed by atoms with Crippen molar-refractivity contribution in [2.45, 2.75) is 37.1 Å². The smallest absolute Gasteiger partial charge is 0.231 e. The van der Waals surface area contributed by atoms with Crippen LogP contribution in [0.5, 0.6) is 5.75 Å². The molecule has 1 aliphatic carbocycles. The molecule has 1 atom stereocenters. The molecule has 0 saturated heterocycles. The molecule has 4 heteroatoms. The summed E-state index contributed by atoms with van der Waals surface area (Å²) in [6.07, 6.45) is 4.53. The number of halogens is 1. The molecule has 1 aromatic rings. The van der Waals surface area contributed by atoms with Crippen LogP contribution in [-0.4, -0.2) is 23.4 Å². The Morgan fingerprint density at radius 1 is 1.37 bits per heavy atom. The molecule has 0 spiro atoms. The fraction of sp³-hybridized carbons (Fsp3) is 0.533. The van der Waals surface area contributed by atoms with Gasteiger partial charge < -0.3 is 10.1 Å². The maximum Gasteiger partial charge on any atom is 0.231 e. The number of fused-ring (bicyclic) bond motifs is 1. The van der Waals surface area contributed by atoms with Crippen molar-refractivity contribution in [3.05, 3.63) is 29.8 Å². The van der Waals surface area contributed by atoms with Crippen LogP contribution in [0.25, 0.3) is 0 Å². The Hall–Kier alpha value is -1.03. The molecule has 1 fully saturated rings. The van der Waals surface area contributed by atoms with Crippen LogP contribution in [0.1, 0.15) is 37.2 Å². The molecule has 1 heterocycles. The zero-order valence-corrected chi connectivity index (χ0v) is 12.4. The normalized spacial score (nSPS) is 23.7. The number of alkyl halides is 1. The van der Waals surface area contributed by atoms with Crippen molar-refractivity contribution in [2.24, 2.45) is 0 Å². The van der Waals surface area contributed by atoms with Gasteiger partial charge in [0.1, 0.15) is 18.3 Å². The molecule has 102 valence electrons. The van der Waals surface area contributed by atoms with Crippen LogP contribution in [0.4, 0.5) is 0 Å². The van der Waals surface area contributed by atoms with E-state index in [9.17, 15) is 4.79 Å². The highest BCUT2D eigenvalue weighted by molar-refractivity contribution is 9.09. The van der Waals surface area contributed by atoms with E-state index in [2.05, 4.69) is 21.2 Å². The van der Waals surface area contributed by atoms with Gasteiger partial charge in [0.05, 0.1) is 0 Å². The van der Waals surface area contributed by atoms with Crippen molar-refractivity contribution in [1.29, 1.82) is 0 Å². The van der Waals surface area contributed by atoms with Gasteiger partial charge in [0.15, 0.2) is 0 Å². The monoisotopic (exact) mass is 323 g/mol. The summed E-state index contributed by atoms with van der Waals surface area (Å²) in [5.74, 6) is 0.793. The number of hydrogen-bond acceptors (Lipinski definition) is 2. The summed E-state index contributed by atoms with van der Waals surface area (Å²) >= 11 is 3.56. The lowest BCUT2D eigenvalue weighted by Crippen LogP contribution is -2.49. The zero-order valence-electron chi connectivity index (χ0n) is 10.8. The third-order valence-corrected chi connectivity index (χ3v) is 5.29. The Morgan fingerprint density at radius 2 is 2.11 bits per heavy atom. The van der Waals surface area contributed by atoms with Gasteiger partial charge in [-0.15, -0.1) is 0 Å². The van der Waals surface area contributed by atoms with Crippen LogP contribution in [-0.2, 0) is 4.79 Å². The Bertz CT molecular complexity index is 483. The summed E-state index contributed by atoms with van der Waals surface area (Å²) < 4.78 is 5.59. The van der Waals surface area contributed by atoms with E-state index in [1.807, 2.05) is 24.3 Å². The number of ether oxygens (including phenoxy) is 1. The van der Waals surface area contributed by atoms with Gasteiger partial charge in [-0.25, -0.2) is 0 Å². The van der Waals surface area contributed by atoms with Crippen molar-refractivity contribution < 1.29 is 9.53 Å². The fourth-order valence-corrected chi connectivity index (χ4v) is 3.77. The average Bonchev–Trinajstić information content (AvgIpc) is 3.05. The lowest BCUT2D eigenvalue weighted by molar-refractivity contribution is -0.124. The Labute approximate surface area is 121 Å². The summed E-state index contributed by atoms with van der Waals surface area (Å²) in [6.45, 7) is 0.462. The Balaban J connectivity index is 1.75. The SMILES string of the molecule is O=C(NC1(CBr)CCCC1)C1COc2ccccc21. The van der Waals surface area contributed by atoms with Crippen LogP contribution < -0.4 is 10.1 Å². The molecule has 1 saturated carbocycles. The van der Waals surface area contributed by atoms with Gasteiger partial charge in [-0.2, -0.15) is 0 Å². The number of nitrogens with one attached hydrogen (secondary N) is 1. The van der Waals surface area contributed by atoms with E-state index in [-0.39, 0.29) is 17.4 Å². The van der Waals surface area contributed by atoms with Gasteiger partial charge in [-0.05, 0) is 18.9 Å². The van der Waals surface area contributed by atoms with Crippen molar-refractivity contribution >= 4 is 21.8 Å². The predicted octanol–water partition coefficient (Wildman–Crippen LogP) is 2.99. The van der Waals surface area contributed by atoms with Crippen molar-refractivity contribution in [1.82, 2.24) is 5.32 Å². The van der Waals surface area contributed by atoms with E-state index in [1.54, 1.807) is 0 Å². The number of rotatable bonds is 3. The second-order valence-corrected chi connectivity index (χ2v) is 6.07. The largest absolute Gasteiger partial charge is 0.492 e. The minimum atomic E-state index is -0.160. The minimum Gasteiger partial charge on any atom is -0.492 e. The van der Waals surface area contributed by atoms with E-state index >= 15 is 0 Å². The Morgan fingerprint density at radius 3 is 2.84 bits per heavy atom. The van der Waals surface area contributed by atoms with Gasteiger partial charge in [0.2, 0.25) is 5.91 Å². The standard InChI is InChI=1S/C15H18BrNO2/c16-10-15(7-3-4-8-15)17-14(18)12-9-19-13-6-2-1-5-11(12)13/h1-2,5-6,12H,3-4,7-10H2,(H,17,18). The first-order valence-electron chi connectivity index (χ1n) is 6.84. The summed E-state index contributed by atoms with van der Waals surface area (Å²) in [5, 5.41) is 4.09. The maximum atomic E-state index is 12.5. The van der Waals surface area contributed by atoms with Crippen LogP contribution in [0.15, 0.2) is 24.3 Å². The van der Waals surface area contributed by atoms with Gasteiger partial charge in [0, 0.05) is 16.4 Å². The fourth-order valence-electron chi connectivity index (χ4n) is 3.07. The molecular formula is C15H18BrNO2. The quantitative estimate of drug-likeness (QED) is 0.868. The van der Waals surface area contributed by atoms with E-state index < -0.39 is 0 Å². The van der Waals surface area contributed by atoms with Gasteiger partial charge in [-0.3, -0.25) is 4.79 Å². The molecule has 3 rings (SSSR count). The third kappa shape index (κ3) is 2.38. The molecule has 2 aliphatic rings. The third-order valence-electron chi connectivity index (χ3n) is 4.22. The maximum absolute atomic E-state index is 12.5.